The normalized spacial score (nSPS) is 16.2. The molecule has 0 fully saturated rings. The molecular weight excluding hydrogens is 717 g/mol. The van der Waals surface area contributed by atoms with Crippen molar-refractivity contribution in [3.63, 3.8) is 0 Å². The summed E-state index contributed by atoms with van der Waals surface area (Å²) < 4.78 is 8.66. The molecule has 2 unspecified atom stereocenters. The Morgan fingerprint density at radius 3 is 1.97 bits per heavy atom. The highest BCUT2D eigenvalue weighted by Crippen LogP contribution is 2.51. The molecule has 59 heavy (non-hydrogen) atoms. The lowest BCUT2D eigenvalue weighted by molar-refractivity contribution is 0.565. The van der Waals surface area contributed by atoms with Gasteiger partial charge in [0.1, 0.15) is 11.2 Å². The van der Waals surface area contributed by atoms with Gasteiger partial charge in [-0.3, -0.25) is 0 Å². The number of nitrogens with zero attached hydrogens (tertiary/aromatic N) is 2. The van der Waals surface area contributed by atoms with Crippen molar-refractivity contribution in [3.05, 3.63) is 200 Å². The smallest absolute Gasteiger partial charge is 0.135 e. The zero-order valence-electron chi connectivity index (χ0n) is 32.3. The van der Waals surface area contributed by atoms with E-state index in [2.05, 4.69) is 198 Å². The highest BCUT2D eigenvalue weighted by atomic mass is 16.3. The second-order valence-electron chi connectivity index (χ2n) is 16.3. The maximum atomic E-state index is 6.19. The monoisotopic (exact) mass is 754 g/mol. The largest absolute Gasteiger partial charge is 0.456 e. The molecule has 278 valence electrons. The number of furan rings is 1. The van der Waals surface area contributed by atoms with Crippen LogP contribution in [-0.2, 0) is 0 Å². The molecule has 0 saturated heterocycles. The lowest BCUT2D eigenvalue weighted by atomic mass is 9.86. The average molecular weight is 755 g/mol. The Hall–Kier alpha value is -7.36. The molecule has 13 rings (SSSR count). The first-order chi connectivity index (χ1) is 29.2. The summed E-state index contributed by atoms with van der Waals surface area (Å²) in [5, 5.41) is 9.94. The fourth-order valence-corrected chi connectivity index (χ4v) is 10.5. The Morgan fingerprint density at radius 1 is 0.441 bits per heavy atom. The number of rotatable bonds is 4. The molecule has 0 N–H and O–H groups in total. The minimum Gasteiger partial charge on any atom is -0.456 e. The van der Waals surface area contributed by atoms with Gasteiger partial charge in [0.15, 0.2) is 0 Å². The van der Waals surface area contributed by atoms with Crippen LogP contribution in [0.15, 0.2) is 199 Å². The minimum atomic E-state index is 0.358. The maximum absolute atomic E-state index is 6.19. The van der Waals surface area contributed by atoms with Crippen LogP contribution in [0.3, 0.4) is 0 Å². The number of allylic oxidation sites excluding steroid dienone is 1. The minimum absolute atomic E-state index is 0.358. The average Bonchev–Trinajstić information content (AvgIpc) is 3.96. The van der Waals surface area contributed by atoms with Gasteiger partial charge < -0.3 is 13.9 Å². The van der Waals surface area contributed by atoms with Gasteiger partial charge in [-0.05, 0) is 117 Å². The quantitative estimate of drug-likeness (QED) is 0.132. The van der Waals surface area contributed by atoms with Gasteiger partial charge in [0, 0.05) is 50.3 Å². The summed E-state index contributed by atoms with van der Waals surface area (Å²) in [6.45, 7) is 0. The Bertz CT molecular complexity index is 3530. The highest BCUT2D eigenvalue weighted by molar-refractivity contribution is 6.15. The summed E-state index contributed by atoms with van der Waals surface area (Å²) in [6, 6.07) is 67.5. The summed E-state index contributed by atoms with van der Waals surface area (Å²) >= 11 is 0. The summed E-state index contributed by atoms with van der Waals surface area (Å²) in [7, 11) is 0. The number of hydrogen-bond acceptors (Lipinski definition) is 2. The molecule has 3 heteroatoms. The number of fused-ring (bicyclic) bond motifs is 12. The second-order valence-corrected chi connectivity index (χ2v) is 16.3. The Kier molecular flexibility index (Phi) is 6.97. The third-order valence-corrected chi connectivity index (χ3v) is 13.2. The molecule has 2 aliphatic rings. The molecule has 1 aliphatic carbocycles. The first-order valence-electron chi connectivity index (χ1n) is 20.8. The van der Waals surface area contributed by atoms with Crippen LogP contribution >= 0.6 is 0 Å². The summed E-state index contributed by atoms with van der Waals surface area (Å²) in [5.41, 5.74) is 14.4. The second kappa shape index (κ2) is 12.6. The van der Waals surface area contributed by atoms with Crippen LogP contribution in [0, 0.1) is 0 Å². The van der Waals surface area contributed by atoms with Gasteiger partial charge in [-0.1, -0.05) is 133 Å². The van der Waals surface area contributed by atoms with Crippen molar-refractivity contribution in [1.82, 2.24) is 4.57 Å². The van der Waals surface area contributed by atoms with E-state index in [1.165, 1.54) is 99.0 Å². The van der Waals surface area contributed by atoms with E-state index in [0.717, 1.165) is 24.0 Å². The molecule has 2 atom stereocenters. The van der Waals surface area contributed by atoms with E-state index >= 15 is 0 Å². The van der Waals surface area contributed by atoms with Crippen molar-refractivity contribution in [2.75, 3.05) is 4.90 Å². The van der Waals surface area contributed by atoms with Crippen LogP contribution < -0.4 is 4.90 Å². The van der Waals surface area contributed by atoms with Crippen LogP contribution in [0.2, 0.25) is 0 Å². The number of hydrogen-bond donors (Lipinski definition) is 0. The molecule has 3 nitrogen and oxygen atoms in total. The van der Waals surface area contributed by atoms with Gasteiger partial charge in [-0.25, -0.2) is 0 Å². The maximum Gasteiger partial charge on any atom is 0.135 e. The lowest BCUT2D eigenvalue weighted by Gasteiger charge is -2.31. The van der Waals surface area contributed by atoms with Crippen molar-refractivity contribution in [2.24, 2.45) is 0 Å². The molecule has 0 saturated carbocycles. The highest BCUT2D eigenvalue weighted by Gasteiger charge is 2.39. The number of benzene rings is 9. The number of aromatic nitrogens is 1. The van der Waals surface area contributed by atoms with Crippen LogP contribution in [0.25, 0.3) is 93.2 Å². The predicted octanol–water partition coefficient (Wildman–Crippen LogP) is 15.3. The van der Waals surface area contributed by atoms with Crippen LogP contribution in [-0.4, -0.2) is 10.6 Å². The molecule has 0 amide bonds. The summed E-state index contributed by atoms with van der Waals surface area (Å²) in [6.07, 6.45) is 7.05. The number of para-hydroxylation sites is 2. The van der Waals surface area contributed by atoms with Crippen molar-refractivity contribution in [1.29, 1.82) is 0 Å². The van der Waals surface area contributed by atoms with Crippen LogP contribution in [0.4, 0.5) is 11.4 Å². The van der Waals surface area contributed by atoms with Crippen molar-refractivity contribution >= 4 is 76.7 Å². The molecule has 3 heterocycles. The standard InChI is InChI=1S/C56H38N2O/c1-2-12-41-39(11-1)33-54(43-14-4-3-13-42(41)43)58-51-19-9-6-16-45(51)48-32-38(26-29-53(48)58)36-23-21-35(22-24-36)37-25-28-52-47(31-37)44-15-5-8-18-50(44)57(52)40-27-30-56-49(34-40)46-17-7-10-20-55(46)59-56/h1-7,9-17,19-34,44,50H,8,18H2. The van der Waals surface area contributed by atoms with Gasteiger partial charge in [0.2, 0.25) is 0 Å². The van der Waals surface area contributed by atoms with Gasteiger partial charge in [0.25, 0.3) is 0 Å². The SMILES string of the molecule is C1=CC2c3cc(-c4ccc(-c5ccc6c(c5)c5ccccc5n6-c5cc6ccccc6c6ccccc56)cc4)ccc3N(c3ccc4oc5ccccc5c4c3)C2CC1. The Balaban J connectivity index is 0.874. The van der Waals surface area contributed by atoms with E-state index in [-0.39, 0.29) is 0 Å². The van der Waals surface area contributed by atoms with Crippen molar-refractivity contribution < 1.29 is 4.42 Å². The van der Waals surface area contributed by atoms with E-state index < -0.39 is 0 Å². The van der Waals surface area contributed by atoms with Gasteiger partial charge in [-0.2, -0.15) is 0 Å². The first kappa shape index (κ1) is 32.7. The predicted molar refractivity (Wildman–Crippen MR) is 247 cm³/mol. The van der Waals surface area contributed by atoms with E-state index in [1.54, 1.807) is 0 Å². The fraction of sp³-hybridized carbons (Fsp3) is 0.0714. The van der Waals surface area contributed by atoms with Crippen LogP contribution in [0.1, 0.15) is 24.3 Å². The molecule has 0 bridgehead atoms. The molecule has 11 aromatic rings. The van der Waals surface area contributed by atoms with Gasteiger partial charge in [0.05, 0.1) is 16.7 Å². The van der Waals surface area contributed by atoms with E-state index in [1.807, 2.05) is 6.07 Å². The number of anilines is 2. The molecule has 1 aliphatic heterocycles. The molecule has 9 aromatic carbocycles. The first-order valence-corrected chi connectivity index (χ1v) is 20.8. The van der Waals surface area contributed by atoms with E-state index in [0.29, 0.717) is 12.0 Å². The zero-order valence-corrected chi connectivity index (χ0v) is 32.3. The van der Waals surface area contributed by atoms with Crippen molar-refractivity contribution in [3.8, 4) is 27.9 Å². The molecule has 0 radical (unpaired) electrons. The van der Waals surface area contributed by atoms with Crippen LogP contribution in [0.5, 0.6) is 0 Å². The third-order valence-electron chi connectivity index (χ3n) is 13.2. The van der Waals surface area contributed by atoms with Crippen molar-refractivity contribution in [2.45, 2.75) is 24.8 Å². The molecular formula is C56H38N2O. The van der Waals surface area contributed by atoms with Gasteiger partial charge >= 0.3 is 0 Å². The van der Waals surface area contributed by atoms with Gasteiger partial charge in [-0.15, -0.1) is 0 Å². The lowest BCUT2D eigenvalue weighted by Crippen LogP contribution is -2.30. The van der Waals surface area contributed by atoms with E-state index in [9.17, 15) is 0 Å². The summed E-state index contributed by atoms with van der Waals surface area (Å²) in [4.78, 5) is 2.59. The fourth-order valence-electron chi connectivity index (χ4n) is 10.5. The molecule has 2 aromatic heterocycles. The Labute approximate surface area is 341 Å². The molecule has 0 spiro atoms. The Morgan fingerprint density at radius 2 is 1.10 bits per heavy atom. The topological polar surface area (TPSA) is 21.3 Å². The van der Waals surface area contributed by atoms with E-state index in [4.69, 9.17) is 4.42 Å². The zero-order chi connectivity index (χ0) is 38.6. The third kappa shape index (κ3) is 4.88. The summed E-state index contributed by atoms with van der Waals surface area (Å²) in [5.74, 6) is 0.358.